The number of nitro benzene ring substituents is 1. The largest absolute Gasteiger partial charge is 0.467 e. The molecule has 1 heterocycles. The van der Waals surface area contributed by atoms with Gasteiger partial charge in [-0.15, -0.1) is 0 Å². The van der Waals surface area contributed by atoms with E-state index in [1.807, 2.05) is 0 Å². The summed E-state index contributed by atoms with van der Waals surface area (Å²) in [6.07, 6.45) is 0. The lowest BCUT2D eigenvalue weighted by Crippen LogP contribution is -2.45. The van der Waals surface area contributed by atoms with Crippen LogP contribution in [0.1, 0.15) is 10.4 Å². The smallest absolute Gasteiger partial charge is 0.349 e. The molecular formula is C14H12N2O8. The molecule has 126 valence electrons. The van der Waals surface area contributed by atoms with Crippen molar-refractivity contribution < 1.29 is 28.8 Å². The van der Waals surface area contributed by atoms with Crippen LogP contribution in [0.3, 0.4) is 0 Å². The Morgan fingerprint density at radius 3 is 2.71 bits per heavy atom. The van der Waals surface area contributed by atoms with Crippen LogP contribution in [0.4, 0.5) is 5.69 Å². The van der Waals surface area contributed by atoms with E-state index in [4.69, 9.17) is 9.52 Å². The van der Waals surface area contributed by atoms with Crippen LogP contribution in [0.5, 0.6) is 0 Å². The number of esters is 1. The molecule has 2 rings (SSSR count). The second-order valence-corrected chi connectivity index (χ2v) is 4.66. The van der Waals surface area contributed by atoms with Crippen molar-refractivity contribution in [1.29, 1.82) is 0 Å². The van der Waals surface area contributed by atoms with Crippen molar-refractivity contribution in [2.75, 3.05) is 13.7 Å². The molecule has 2 N–H and O–H groups in total. The van der Waals surface area contributed by atoms with Crippen molar-refractivity contribution >= 4 is 28.5 Å². The fraction of sp³-hybridized carbons (Fsp3) is 0.214. The normalized spacial score (nSPS) is 11.8. The topological polar surface area (TPSA) is 149 Å². The number of aliphatic hydroxyl groups is 1. The molecular weight excluding hydrogens is 324 g/mol. The number of rotatable bonds is 5. The number of amides is 1. The molecule has 0 aliphatic carbocycles. The molecule has 1 atom stereocenters. The first-order valence-corrected chi connectivity index (χ1v) is 6.59. The Hall–Kier alpha value is -3.27. The summed E-state index contributed by atoms with van der Waals surface area (Å²) in [5.74, 6) is -1.88. The van der Waals surface area contributed by atoms with Gasteiger partial charge in [0.2, 0.25) is 0 Å². The molecule has 0 unspecified atom stereocenters. The van der Waals surface area contributed by atoms with E-state index in [0.717, 1.165) is 25.3 Å². The Balaban J connectivity index is 2.41. The number of nitro groups is 1. The molecule has 24 heavy (non-hydrogen) atoms. The highest BCUT2D eigenvalue weighted by atomic mass is 16.6. The number of non-ortho nitro benzene ring substituents is 1. The number of carbonyl (C=O) groups excluding carboxylic acids is 2. The molecule has 0 fully saturated rings. The van der Waals surface area contributed by atoms with E-state index in [9.17, 15) is 24.5 Å². The Labute approximate surface area is 133 Å². The molecule has 2 aromatic rings. The molecule has 1 aromatic carbocycles. The van der Waals surface area contributed by atoms with E-state index in [1.165, 1.54) is 6.07 Å². The van der Waals surface area contributed by atoms with E-state index >= 15 is 0 Å². The zero-order valence-corrected chi connectivity index (χ0v) is 12.3. The third kappa shape index (κ3) is 3.38. The summed E-state index contributed by atoms with van der Waals surface area (Å²) in [5.41, 5.74) is -1.64. The van der Waals surface area contributed by atoms with Gasteiger partial charge in [0.1, 0.15) is 11.1 Å². The molecule has 1 aromatic heterocycles. The monoisotopic (exact) mass is 336 g/mol. The minimum absolute atomic E-state index is 0.0637. The quantitative estimate of drug-likeness (QED) is 0.334. The van der Waals surface area contributed by atoms with Crippen LogP contribution in [-0.4, -0.2) is 41.7 Å². The minimum Gasteiger partial charge on any atom is -0.467 e. The van der Waals surface area contributed by atoms with Gasteiger partial charge >= 0.3 is 11.6 Å². The third-order valence-corrected chi connectivity index (χ3v) is 3.14. The number of carbonyl (C=O) groups is 2. The van der Waals surface area contributed by atoms with Crippen LogP contribution in [0.15, 0.2) is 33.5 Å². The standard InChI is InChI=1S/C14H12N2O8/c1-23-14(20)10(6-17)15-12(18)9-5-7-4-8(16(21)22)2-3-11(7)24-13(9)19/h2-5,10,17H,6H2,1H3,(H,15,18)/t10-/m0/s1. The van der Waals surface area contributed by atoms with E-state index in [1.54, 1.807) is 0 Å². The summed E-state index contributed by atoms with van der Waals surface area (Å²) in [4.78, 5) is 45.5. The van der Waals surface area contributed by atoms with Crippen molar-refractivity contribution in [2.24, 2.45) is 0 Å². The average Bonchev–Trinajstić information content (AvgIpc) is 2.57. The zero-order chi connectivity index (χ0) is 17.9. The predicted molar refractivity (Wildman–Crippen MR) is 79.5 cm³/mol. The number of fused-ring (bicyclic) bond motifs is 1. The van der Waals surface area contributed by atoms with Gasteiger partial charge in [-0.3, -0.25) is 14.9 Å². The van der Waals surface area contributed by atoms with Crippen molar-refractivity contribution in [3.63, 3.8) is 0 Å². The number of benzene rings is 1. The van der Waals surface area contributed by atoms with E-state index in [2.05, 4.69) is 10.1 Å². The SMILES string of the molecule is COC(=O)[C@H](CO)NC(=O)c1cc2cc([N+](=O)[O-])ccc2oc1=O. The highest BCUT2D eigenvalue weighted by molar-refractivity contribution is 5.98. The number of hydrogen-bond donors (Lipinski definition) is 2. The first kappa shape index (κ1) is 17.1. The number of nitrogens with one attached hydrogen (secondary N) is 1. The number of hydrogen-bond acceptors (Lipinski definition) is 8. The highest BCUT2D eigenvalue weighted by Crippen LogP contribution is 2.20. The average molecular weight is 336 g/mol. The van der Waals surface area contributed by atoms with Crippen molar-refractivity contribution in [3.8, 4) is 0 Å². The second-order valence-electron chi connectivity index (χ2n) is 4.66. The molecule has 0 saturated heterocycles. The zero-order valence-electron chi connectivity index (χ0n) is 12.3. The van der Waals surface area contributed by atoms with Gasteiger partial charge in [0.25, 0.3) is 11.6 Å². The molecule has 10 nitrogen and oxygen atoms in total. The summed E-state index contributed by atoms with van der Waals surface area (Å²) >= 11 is 0. The summed E-state index contributed by atoms with van der Waals surface area (Å²) < 4.78 is 9.33. The van der Waals surface area contributed by atoms with Crippen LogP contribution >= 0.6 is 0 Å². The Bertz CT molecular complexity index is 873. The van der Waals surface area contributed by atoms with E-state index in [0.29, 0.717) is 0 Å². The van der Waals surface area contributed by atoms with Gasteiger partial charge in [-0.1, -0.05) is 0 Å². The first-order valence-electron chi connectivity index (χ1n) is 6.59. The number of aliphatic hydroxyl groups excluding tert-OH is 1. The molecule has 0 saturated carbocycles. The molecule has 0 aliphatic rings. The predicted octanol–water partition coefficient (Wildman–Crippen LogP) is -0.0351. The van der Waals surface area contributed by atoms with Crippen molar-refractivity contribution in [3.05, 3.63) is 50.4 Å². The number of nitrogens with zero attached hydrogens (tertiary/aromatic N) is 1. The van der Waals surface area contributed by atoms with Crippen LogP contribution in [0.25, 0.3) is 11.0 Å². The van der Waals surface area contributed by atoms with Crippen LogP contribution in [0, 0.1) is 10.1 Å². The Morgan fingerprint density at radius 2 is 2.12 bits per heavy atom. The molecule has 0 aliphatic heterocycles. The molecule has 10 heteroatoms. The van der Waals surface area contributed by atoms with Gasteiger partial charge in [-0.25, -0.2) is 9.59 Å². The van der Waals surface area contributed by atoms with Gasteiger partial charge < -0.3 is 19.6 Å². The van der Waals surface area contributed by atoms with Gasteiger partial charge in [-0.2, -0.15) is 0 Å². The van der Waals surface area contributed by atoms with E-state index in [-0.39, 0.29) is 16.7 Å². The Kier molecular flexibility index (Phi) is 4.90. The maximum atomic E-state index is 12.1. The number of methoxy groups -OCH3 is 1. The lowest BCUT2D eigenvalue weighted by molar-refractivity contribution is -0.384. The summed E-state index contributed by atoms with van der Waals surface area (Å²) in [7, 11) is 1.07. The second kappa shape index (κ2) is 6.87. The molecule has 0 bridgehead atoms. The maximum Gasteiger partial charge on any atom is 0.349 e. The maximum absolute atomic E-state index is 12.1. The molecule has 1 amide bonds. The summed E-state index contributed by atoms with van der Waals surface area (Å²) in [5, 5.41) is 22.1. The van der Waals surface area contributed by atoms with Gasteiger partial charge in [0, 0.05) is 17.5 Å². The lowest BCUT2D eigenvalue weighted by Gasteiger charge is -2.13. The molecule has 0 radical (unpaired) electrons. The highest BCUT2D eigenvalue weighted by Gasteiger charge is 2.23. The van der Waals surface area contributed by atoms with Crippen molar-refractivity contribution in [2.45, 2.75) is 6.04 Å². The lowest BCUT2D eigenvalue weighted by atomic mass is 10.1. The summed E-state index contributed by atoms with van der Waals surface area (Å²) in [6.45, 7) is -0.733. The van der Waals surface area contributed by atoms with Crippen LogP contribution in [0.2, 0.25) is 0 Å². The fourth-order valence-electron chi connectivity index (χ4n) is 1.94. The van der Waals surface area contributed by atoms with E-state index < -0.39 is 40.6 Å². The minimum atomic E-state index is -1.36. The van der Waals surface area contributed by atoms with Gasteiger partial charge in [0.05, 0.1) is 18.6 Å². The fourth-order valence-corrected chi connectivity index (χ4v) is 1.94. The first-order chi connectivity index (χ1) is 11.4. The van der Waals surface area contributed by atoms with Crippen molar-refractivity contribution in [1.82, 2.24) is 5.32 Å². The number of ether oxygens (including phenoxy) is 1. The summed E-state index contributed by atoms with van der Waals surface area (Å²) in [6, 6.07) is 3.28. The van der Waals surface area contributed by atoms with Crippen LogP contribution in [-0.2, 0) is 9.53 Å². The third-order valence-electron chi connectivity index (χ3n) is 3.14. The van der Waals surface area contributed by atoms with Gasteiger partial charge in [0.15, 0.2) is 6.04 Å². The van der Waals surface area contributed by atoms with Gasteiger partial charge in [-0.05, 0) is 12.1 Å². The van der Waals surface area contributed by atoms with Crippen LogP contribution < -0.4 is 10.9 Å². The Morgan fingerprint density at radius 1 is 1.42 bits per heavy atom. The molecule has 0 spiro atoms.